The van der Waals surface area contributed by atoms with Gasteiger partial charge >= 0.3 is 0 Å². The zero-order valence-corrected chi connectivity index (χ0v) is 17.2. The van der Waals surface area contributed by atoms with Crippen LogP contribution in [-0.4, -0.2) is 65.0 Å². The van der Waals surface area contributed by atoms with Crippen molar-refractivity contribution in [1.29, 1.82) is 0 Å². The number of ether oxygens (including phenoxy) is 1. The second kappa shape index (κ2) is 8.57. The van der Waals surface area contributed by atoms with Crippen molar-refractivity contribution in [2.75, 3.05) is 37.6 Å². The van der Waals surface area contributed by atoms with Crippen LogP contribution >= 0.6 is 0 Å². The largest absolute Gasteiger partial charge is 0.373 e. The van der Waals surface area contributed by atoms with Gasteiger partial charge in [0.15, 0.2) is 5.82 Å². The zero-order valence-electron chi connectivity index (χ0n) is 17.2. The Bertz CT molecular complexity index is 762. The zero-order chi connectivity index (χ0) is 19.5. The van der Waals surface area contributed by atoms with Gasteiger partial charge in [0.05, 0.1) is 12.2 Å². The van der Waals surface area contributed by atoms with Gasteiger partial charge in [-0.1, -0.05) is 5.16 Å². The van der Waals surface area contributed by atoms with Crippen molar-refractivity contribution < 1.29 is 9.26 Å². The van der Waals surface area contributed by atoms with E-state index in [1.54, 1.807) is 0 Å². The fraction of sp³-hybridized carbons (Fsp3) is 0.667. The van der Waals surface area contributed by atoms with Crippen LogP contribution in [0.1, 0.15) is 38.9 Å². The van der Waals surface area contributed by atoms with Gasteiger partial charge in [-0.2, -0.15) is 4.98 Å². The molecular weight excluding hydrogens is 354 g/mol. The topological polar surface area (TPSA) is 67.5 Å². The maximum Gasteiger partial charge on any atom is 0.258 e. The number of anilines is 1. The molecule has 2 unspecified atom stereocenters. The molecule has 152 valence electrons. The quantitative estimate of drug-likeness (QED) is 0.783. The Morgan fingerprint density at radius 2 is 1.89 bits per heavy atom. The molecule has 0 saturated carbocycles. The Morgan fingerprint density at radius 3 is 2.57 bits per heavy atom. The van der Waals surface area contributed by atoms with Crippen molar-refractivity contribution in [3.8, 4) is 11.5 Å². The molecule has 2 aromatic heterocycles. The van der Waals surface area contributed by atoms with Gasteiger partial charge in [0, 0.05) is 37.9 Å². The average Bonchev–Trinajstić information content (AvgIpc) is 3.13. The first kappa shape index (κ1) is 19.3. The van der Waals surface area contributed by atoms with Gasteiger partial charge < -0.3 is 14.2 Å². The number of rotatable bonds is 5. The summed E-state index contributed by atoms with van der Waals surface area (Å²) in [5, 5.41) is 3.88. The lowest BCUT2D eigenvalue weighted by molar-refractivity contribution is -0.0690. The van der Waals surface area contributed by atoms with E-state index in [9.17, 15) is 0 Å². The van der Waals surface area contributed by atoms with Gasteiger partial charge in [-0.15, -0.1) is 0 Å². The Labute approximate surface area is 167 Å². The van der Waals surface area contributed by atoms with E-state index in [1.165, 1.54) is 25.8 Å². The lowest BCUT2D eigenvalue weighted by Gasteiger charge is -2.37. The van der Waals surface area contributed by atoms with E-state index in [1.807, 2.05) is 19.2 Å². The number of hydrogen-bond donors (Lipinski definition) is 0. The number of aryl methyl sites for hydroxylation is 1. The van der Waals surface area contributed by atoms with Crippen molar-refractivity contribution >= 4 is 5.82 Å². The highest BCUT2D eigenvalue weighted by Crippen LogP contribution is 2.27. The molecule has 0 spiro atoms. The third-order valence-corrected chi connectivity index (χ3v) is 5.81. The first-order chi connectivity index (χ1) is 13.6. The Hall–Kier alpha value is -1.99. The fourth-order valence-electron chi connectivity index (χ4n) is 4.42. The van der Waals surface area contributed by atoms with Gasteiger partial charge in [-0.05, 0) is 64.6 Å². The summed E-state index contributed by atoms with van der Waals surface area (Å²) < 4.78 is 11.1. The number of hydrogen-bond acceptors (Lipinski definition) is 7. The molecule has 0 aromatic carbocycles. The molecular formula is C21H31N5O2. The Balaban J connectivity index is 1.28. The predicted octanol–water partition coefficient (Wildman–Crippen LogP) is 3.16. The Morgan fingerprint density at radius 1 is 1.14 bits per heavy atom. The van der Waals surface area contributed by atoms with Crippen molar-refractivity contribution in [3.63, 3.8) is 0 Å². The van der Waals surface area contributed by atoms with Crippen molar-refractivity contribution in [2.24, 2.45) is 5.92 Å². The number of morpholine rings is 1. The van der Waals surface area contributed by atoms with Crippen LogP contribution < -0.4 is 4.90 Å². The smallest absolute Gasteiger partial charge is 0.258 e. The first-order valence-electron chi connectivity index (χ1n) is 10.5. The van der Waals surface area contributed by atoms with E-state index in [2.05, 4.69) is 44.8 Å². The van der Waals surface area contributed by atoms with Crippen LogP contribution in [0.2, 0.25) is 0 Å². The second-order valence-corrected chi connectivity index (χ2v) is 8.29. The summed E-state index contributed by atoms with van der Waals surface area (Å²) in [4.78, 5) is 13.8. The third kappa shape index (κ3) is 4.70. The molecule has 2 aromatic rings. The molecule has 2 aliphatic heterocycles. The molecule has 0 radical (unpaired) electrons. The molecule has 2 saturated heterocycles. The van der Waals surface area contributed by atoms with Gasteiger partial charge in [0.25, 0.3) is 5.89 Å². The highest BCUT2D eigenvalue weighted by atomic mass is 16.5. The highest BCUT2D eigenvalue weighted by molar-refractivity contribution is 5.58. The van der Waals surface area contributed by atoms with Crippen LogP contribution in [-0.2, 0) is 4.74 Å². The van der Waals surface area contributed by atoms with Crippen LogP contribution in [0.25, 0.3) is 11.5 Å². The number of pyridine rings is 1. The molecule has 0 aliphatic carbocycles. The average molecular weight is 386 g/mol. The van der Waals surface area contributed by atoms with Crippen molar-refractivity contribution in [3.05, 3.63) is 24.2 Å². The van der Waals surface area contributed by atoms with E-state index >= 15 is 0 Å². The molecule has 4 rings (SSSR count). The summed E-state index contributed by atoms with van der Waals surface area (Å²) in [6.45, 7) is 11.6. The van der Waals surface area contributed by atoms with E-state index < -0.39 is 0 Å². The molecule has 0 N–H and O–H groups in total. The SMILES string of the molecule is Cc1noc(-c2ccnc(N3CCC(CCN4CC(C)OC(C)C4)CC3)c2)n1. The van der Waals surface area contributed by atoms with E-state index in [0.29, 0.717) is 23.9 Å². The molecule has 2 atom stereocenters. The molecule has 2 fully saturated rings. The fourth-order valence-corrected chi connectivity index (χ4v) is 4.42. The molecule has 0 bridgehead atoms. The predicted molar refractivity (Wildman–Crippen MR) is 108 cm³/mol. The minimum absolute atomic E-state index is 0.353. The molecule has 0 amide bonds. The van der Waals surface area contributed by atoms with Gasteiger partial charge in [0.2, 0.25) is 0 Å². The lowest BCUT2D eigenvalue weighted by Crippen LogP contribution is -2.46. The highest BCUT2D eigenvalue weighted by Gasteiger charge is 2.25. The molecule has 2 aliphatic rings. The second-order valence-electron chi connectivity index (χ2n) is 8.29. The number of nitrogens with zero attached hydrogens (tertiary/aromatic N) is 5. The summed E-state index contributed by atoms with van der Waals surface area (Å²) in [7, 11) is 0. The summed E-state index contributed by atoms with van der Waals surface area (Å²) in [6, 6.07) is 3.98. The maximum absolute atomic E-state index is 5.84. The first-order valence-corrected chi connectivity index (χ1v) is 10.5. The van der Waals surface area contributed by atoms with Crippen LogP contribution in [0.5, 0.6) is 0 Å². The van der Waals surface area contributed by atoms with E-state index in [-0.39, 0.29) is 0 Å². The molecule has 28 heavy (non-hydrogen) atoms. The van der Waals surface area contributed by atoms with Crippen LogP contribution in [0, 0.1) is 12.8 Å². The molecule has 7 heteroatoms. The number of piperidine rings is 1. The normalized spacial score (nSPS) is 24.6. The van der Waals surface area contributed by atoms with Crippen molar-refractivity contribution in [1.82, 2.24) is 20.0 Å². The van der Waals surface area contributed by atoms with Crippen LogP contribution in [0.4, 0.5) is 5.82 Å². The van der Waals surface area contributed by atoms with Crippen molar-refractivity contribution in [2.45, 2.75) is 52.2 Å². The van der Waals surface area contributed by atoms with Crippen LogP contribution in [0.3, 0.4) is 0 Å². The summed E-state index contributed by atoms with van der Waals surface area (Å²) in [6.07, 6.45) is 6.26. The minimum Gasteiger partial charge on any atom is -0.373 e. The standard InChI is InChI=1S/C21H31N5O2/c1-15-13-25(14-16(2)27-15)9-5-18-6-10-26(11-7-18)20-12-19(4-8-22-20)21-23-17(3)24-28-21/h4,8,12,15-16,18H,5-7,9-11,13-14H2,1-3H3. The van der Waals surface area contributed by atoms with Crippen LogP contribution in [0.15, 0.2) is 22.9 Å². The third-order valence-electron chi connectivity index (χ3n) is 5.81. The Kier molecular flexibility index (Phi) is 5.92. The molecule has 4 heterocycles. The maximum atomic E-state index is 5.84. The monoisotopic (exact) mass is 385 g/mol. The summed E-state index contributed by atoms with van der Waals surface area (Å²) in [5.74, 6) is 3.01. The van der Waals surface area contributed by atoms with Gasteiger partial charge in [-0.3, -0.25) is 4.90 Å². The van der Waals surface area contributed by atoms with Gasteiger partial charge in [-0.25, -0.2) is 4.98 Å². The minimum atomic E-state index is 0.353. The lowest BCUT2D eigenvalue weighted by atomic mass is 9.93. The summed E-state index contributed by atoms with van der Waals surface area (Å²) >= 11 is 0. The van der Waals surface area contributed by atoms with Gasteiger partial charge in [0.1, 0.15) is 5.82 Å². The number of aromatic nitrogens is 3. The van der Waals surface area contributed by atoms with E-state index in [0.717, 1.165) is 43.5 Å². The summed E-state index contributed by atoms with van der Waals surface area (Å²) in [5.41, 5.74) is 0.934. The molecule has 7 nitrogen and oxygen atoms in total. The van der Waals surface area contributed by atoms with E-state index in [4.69, 9.17) is 9.26 Å².